The van der Waals surface area contributed by atoms with E-state index in [1.54, 1.807) is 12.1 Å². The van der Waals surface area contributed by atoms with Gasteiger partial charge in [-0.2, -0.15) is 10.5 Å². The zero-order chi connectivity index (χ0) is 9.14. The molecule has 2 nitrogen and oxygen atoms in total. The summed E-state index contributed by atoms with van der Waals surface area (Å²) in [5.41, 5.74) is -0.312. The van der Waals surface area contributed by atoms with Crippen LogP contribution in [0.4, 0.5) is 8.78 Å². The van der Waals surface area contributed by atoms with Crippen molar-refractivity contribution < 1.29 is 8.78 Å². The van der Waals surface area contributed by atoms with Crippen LogP contribution in [0.5, 0.6) is 0 Å². The number of benzene rings is 1. The van der Waals surface area contributed by atoms with E-state index in [0.29, 0.717) is 12.1 Å². The lowest BCUT2D eigenvalue weighted by Crippen LogP contribution is -1.90. The Morgan fingerprint density at radius 1 is 0.917 bits per heavy atom. The molecule has 0 saturated heterocycles. The monoisotopic (exact) mass is 164 g/mol. The van der Waals surface area contributed by atoms with Gasteiger partial charge in [-0.25, -0.2) is 8.78 Å². The van der Waals surface area contributed by atoms with Gasteiger partial charge in [0.1, 0.15) is 12.1 Å². The van der Waals surface area contributed by atoms with Crippen LogP contribution in [0.25, 0.3) is 0 Å². The Hall–Kier alpha value is -1.94. The quantitative estimate of drug-likeness (QED) is 0.585. The van der Waals surface area contributed by atoms with E-state index in [1.165, 1.54) is 0 Å². The van der Waals surface area contributed by atoms with E-state index >= 15 is 0 Å². The lowest BCUT2D eigenvalue weighted by Gasteiger charge is -1.94. The van der Waals surface area contributed by atoms with Crippen molar-refractivity contribution in [2.75, 3.05) is 0 Å². The predicted octanol–water partition coefficient (Wildman–Crippen LogP) is 1.71. The van der Waals surface area contributed by atoms with Crippen LogP contribution < -0.4 is 0 Å². The van der Waals surface area contributed by atoms with Crippen molar-refractivity contribution >= 4 is 0 Å². The van der Waals surface area contributed by atoms with Gasteiger partial charge >= 0.3 is 0 Å². The molecule has 0 bridgehead atoms. The van der Waals surface area contributed by atoms with Crippen LogP contribution in [0.1, 0.15) is 11.1 Å². The summed E-state index contributed by atoms with van der Waals surface area (Å²) in [6, 6.07) is 4.58. The summed E-state index contributed by atoms with van der Waals surface area (Å²) in [4.78, 5) is 0. The molecule has 0 fully saturated rings. The molecule has 0 atom stereocenters. The Morgan fingerprint density at radius 2 is 1.25 bits per heavy atom. The third-order valence-electron chi connectivity index (χ3n) is 1.30. The second kappa shape index (κ2) is 2.98. The normalized spacial score (nSPS) is 8.67. The van der Waals surface area contributed by atoms with Crippen molar-refractivity contribution in [1.29, 1.82) is 10.5 Å². The molecule has 0 radical (unpaired) electrons. The first-order chi connectivity index (χ1) is 5.69. The number of nitrogens with zero attached hydrogens (tertiary/aromatic N) is 2. The van der Waals surface area contributed by atoms with Gasteiger partial charge in [0, 0.05) is 0 Å². The molecule has 1 rings (SSSR count). The average molecular weight is 164 g/mol. The maximum Gasteiger partial charge on any atom is 0.160 e. The maximum atomic E-state index is 12.4. The average Bonchev–Trinajstić information content (AvgIpc) is 2.09. The fourth-order valence-corrected chi connectivity index (χ4v) is 0.732. The first kappa shape index (κ1) is 8.16. The zero-order valence-corrected chi connectivity index (χ0v) is 5.81. The molecular formula is C8H2F2N2. The SMILES string of the molecule is N#Cc1cc(F)c(F)cc1C#N. The molecular weight excluding hydrogens is 162 g/mol. The van der Waals surface area contributed by atoms with Crippen LogP contribution in [-0.2, 0) is 0 Å². The fraction of sp³-hybridized carbons (Fsp3) is 0. The van der Waals surface area contributed by atoms with E-state index in [0.717, 1.165) is 0 Å². The van der Waals surface area contributed by atoms with Crippen molar-refractivity contribution in [3.05, 3.63) is 34.9 Å². The third kappa shape index (κ3) is 1.23. The lowest BCUT2D eigenvalue weighted by atomic mass is 10.1. The van der Waals surface area contributed by atoms with Gasteiger partial charge in [0.2, 0.25) is 0 Å². The largest absolute Gasteiger partial charge is 0.204 e. The molecule has 0 amide bonds. The molecule has 0 aliphatic rings. The Kier molecular flexibility index (Phi) is 2.02. The van der Waals surface area contributed by atoms with Gasteiger partial charge in [-0.1, -0.05) is 0 Å². The number of nitriles is 2. The molecule has 0 heterocycles. The zero-order valence-electron chi connectivity index (χ0n) is 5.81. The molecule has 58 valence electrons. The number of rotatable bonds is 0. The van der Waals surface area contributed by atoms with Crippen molar-refractivity contribution in [3.8, 4) is 12.1 Å². The minimum atomic E-state index is -1.12. The first-order valence-electron chi connectivity index (χ1n) is 2.98. The molecule has 1 aromatic rings. The predicted molar refractivity (Wildman–Crippen MR) is 35.8 cm³/mol. The standard InChI is InChI=1S/C8H2F2N2/c9-7-1-5(3-11)6(4-12)2-8(7)10/h1-2H. The number of halogens is 2. The summed E-state index contributed by atoms with van der Waals surface area (Å²) in [6.45, 7) is 0. The van der Waals surface area contributed by atoms with Gasteiger partial charge in [-0.15, -0.1) is 0 Å². The highest BCUT2D eigenvalue weighted by atomic mass is 19.2. The van der Waals surface area contributed by atoms with Gasteiger partial charge in [0.15, 0.2) is 11.6 Å². The summed E-state index contributed by atoms with van der Waals surface area (Å²) in [6.07, 6.45) is 0. The van der Waals surface area contributed by atoms with Crippen molar-refractivity contribution in [2.45, 2.75) is 0 Å². The van der Waals surface area contributed by atoms with Gasteiger partial charge in [0.05, 0.1) is 11.1 Å². The molecule has 4 heteroatoms. The highest BCUT2D eigenvalue weighted by molar-refractivity contribution is 5.45. The fourth-order valence-electron chi connectivity index (χ4n) is 0.732. The Bertz CT molecular complexity index is 360. The molecule has 0 N–H and O–H groups in total. The van der Waals surface area contributed by atoms with E-state index in [-0.39, 0.29) is 11.1 Å². The first-order valence-corrected chi connectivity index (χ1v) is 2.98. The highest BCUT2D eigenvalue weighted by Crippen LogP contribution is 2.12. The summed E-state index contributed by atoms with van der Waals surface area (Å²) >= 11 is 0. The van der Waals surface area contributed by atoms with Gasteiger partial charge < -0.3 is 0 Å². The van der Waals surface area contributed by atoms with E-state index in [1.807, 2.05) is 0 Å². The molecule has 0 unspecified atom stereocenters. The number of hydrogen-bond donors (Lipinski definition) is 0. The Morgan fingerprint density at radius 3 is 1.50 bits per heavy atom. The molecule has 0 aromatic heterocycles. The van der Waals surface area contributed by atoms with Crippen LogP contribution in [0, 0.1) is 34.3 Å². The number of hydrogen-bond acceptors (Lipinski definition) is 2. The van der Waals surface area contributed by atoms with Crippen LogP contribution in [0.3, 0.4) is 0 Å². The maximum absolute atomic E-state index is 12.4. The van der Waals surface area contributed by atoms with E-state index in [4.69, 9.17) is 10.5 Å². The molecule has 0 spiro atoms. The van der Waals surface area contributed by atoms with Crippen LogP contribution >= 0.6 is 0 Å². The molecule has 1 aromatic carbocycles. The van der Waals surface area contributed by atoms with E-state index < -0.39 is 11.6 Å². The van der Waals surface area contributed by atoms with Crippen LogP contribution in [0.15, 0.2) is 12.1 Å². The topological polar surface area (TPSA) is 47.6 Å². The molecule has 0 aliphatic heterocycles. The second-order valence-electron chi connectivity index (χ2n) is 2.04. The summed E-state index contributed by atoms with van der Waals surface area (Å²) in [5, 5.41) is 16.7. The Balaban J connectivity index is 3.44. The van der Waals surface area contributed by atoms with Gasteiger partial charge in [-0.3, -0.25) is 0 Å². The molecule has 0 saturated carbocycles. The summed E-state index contributed by atoms with van der Waals surface area (Å²) < 4.78 is 24.9. The Labute approximate surface area is 67.3 Å². The van der Waals surface area contributed by atoms with Crippen molar-refractivity contribution in [1.82, 2.24) is 0 Å². The van der Waals surface area contributed by atoms with Gasteiger partial charge in [-0.05, 0) is 12.1 Å². The van der Waals surface area contributed by atoms with E-state index in [2.05, 4.69) is 0 Å². The molecule has 12 heavy (non-hydrogen) atoms. The van der Waals surface area contributed by atoms with Crippen LogP contribution in [-0.4, -0.2) is 0 Å². The summed E-state index contributed by atoms with van der Waals surface area (Å²) in [7, 11) is 0. The highest BCUT2D eigenvalue weighted by Gasteiger charge is 2.08. The summed E-state index contributed by atoms with van der Waals surface area (Å²) in [5.74, 6) is -2.24. The van der Waals surface area contributed by atoms with Crippen molar-refractivity contribution in [2.24, 2.45) is 0 Å². The molecule has 0 aliphatic carbocycles. The lowest BCUT2D eigenvalue weighted by molar-refractivity contribution is 0.508. The van der Waals surface area contributed by atoms with Crippen molar-refractivity contribution in [3.63, 3.8) is 0 Å². The minimum Gasteiger partial charge on any atom is -0.204 e. The smallest absolute Gasteiger partial charge is 0.160 e. The van der Waals surface area contributed by atoms with Gasteiger partial charge in [0.25, 0.3) is 0 Å². The van der Waals surface area contributed by atoms with E-state index in [9.17, 15) is 8.78 Å². The second-order valence-corrected chi connectivity index (χ2v) is 2.04. The minimum absolute atomic E-state index is 0.156. The van der Waals surface area contributed by atoms with Crippen LogP contribution in [0.2, 0.25) is 0 Å². The third-order valence-corrected chi connectivity index (χ3v) is 1.30.